The van der Waals surface area contributed by atoms with Crippen molar-refractivity contribution in [2.45, 2.75) is 38.8 Å². The summed E-state index contributed by atoms with van der Waals surface area (Å²) in [6.07, 6.45) is 2.36. The lowest BCUT2D eigenvalue weighted by Gasteiger charge is -2.23. The number of benzene rings is 1. The van der Waals surface area contributed by atoms with E-state index in [1.165, 1.54) is 12.8 Å². The highest BCUT2D eigenvalue weighted by Crippen LogP contribution is 2.36. The van der Waals surface area contributed by atoms with Crippen molar-refractivity contribution in [2.75, 3.05) is 13.7 Å². The molecule has 0 spiro atoms. The van der Waals surface area contributed by atoms with Crippen LogP contribution in [0.3, 0.4) is 0 Å². The van der Waals surface area contributed by atoms with Crippen molar-refractivity contribution in [1.82, 2.24) is 5.32 Å². The van der Waals surface area contributed by atoms with Gasteiger partial charge < -0.3 is 15.2 Å². The molecule has 100 valence electrons. The molecule has 3 nitrogen and oxygen atoms in total. The van der Waals surface area contributed by atoms with Crippen LogP contribution in [0.1, 0.15) is 35.6 Å². The predicted octanol–water partition coefficient (Wildman–Crippen LogP) is 2.75. The topological polar surface area (TPSA) is 41.5 Å². The third-order valence-corrected chi connectivity index (χ3v) is 4.04. The molecule has 1 unspecified atom stereocenters. The average molecular weight is 270 g/mol. The molecule has 0 bridgehead atoms. The van der Waals surface area contributed by atoms with E-state index in [0.717, 1.165) is 27.5 Å². The molecule has 0 radical (unpaired) electrons. The summed E-state index contributed by atoms with van der Waals surface area (Å²) >= 11 is 6.30. The van der Waals surface area contributed by atoms with Gasteiger partial charge in [-0.15, -0.1) is 0 Å². The molecule has 0 heterocycles. The van der Waals surface area contributed by atoms with Crippen LogP contribution in [0.25, 0.3) is 0 Å². The minimum atomic E-state index is -0.106. The fourth-order valence-electron chi connectivity index (χ4n) is 2.30. The molecule has 1 aromatic carbocycles. The average Bonchev–Trinajstić information content (AvgIpc) is 3.17. The van der Waals surface area contributed by atoms with Crippen LogP contribution in [-0.2, 0) is 0 Å². The molecule has 1 aliphatic carbocycles. The summed E-state index contributed by atoms with van der Waals surface area (Å²) in [5, 5.41) is 13.8. The van der Waals surface area contributed by atoms with Gasteiger partial charge in [0.15, 0.2) is 0 Å². The van der Waals surface area contributed by atoms with Crippen LogP contribution in [0.5, 0.6) is 5.75 Å². The Kier molecular flexibility index (Phi) is 4.15. The highest BCUT2D eigenvalue weighted by molar-refractivity contribution is 6.32. The molecule has 1 saturated carbocycles. The number of methoxy groups -OCH3 is 1. The molecular weight excluding hydrogens is 250 g/mol. The third kappa shape index (κ3) is 2.63. The van der Waals surface area contributed by atoms with Crippen molar-refractivity contribution in [3.05, 3.63) is 27.8 Å². The van der Waals surface area contributed by atoms with Crippen LogP contribution in [0, 0.1) is 13.8 Å². The summed E-state index contributed by atoms with van der Waals surface area (Å²) in [7, 11) is 1.65. The normalized spacial score (nSPS) is 16.7. The Morgan fingerprint density at radius 1 is 1.50 bits per heavy atom. The van der Waals surface area contributed by atoms with Gasteiger partial charge in [-0.05, 0) is 43.9 Å². The largest absolute Gasteiger partial charge is 0.496 e. The van der Waals surface area contributed by atoms with Crippen molar-refractivity contribution in [1.29, 1.82) is 0 Å². The number of hydrogen-bond acceptors (Lipinski definition) is 3. The molecule has 4 heteroatoms. The second-order valence-corrected chi connectivity index (χ2v) is 5.30. The molecule has 2 rings (SSSR count). The van der Waals surface area contributed by atoms with E-state index < -0.39 is 0 Å². The van der Waals surface area contributed by atoms with Gasteiger partial charge in [0.2, 0.25) is 0 Å². The summed E-state index contributed by atoms with van der Waals surface area (Å²) in [4.78, 5) is 0. The number of aliphatic hydroxyl groups excluding tert-OH is 1. The number of ether oxygens (including phenoxy) is 1. The van der Waals surface area contributed by atoms with Crippen LogP contribution < -0.4 is 10.1 Å². The highest BCUT2D eigenvalue weighted by atomic mass is 35.5. The van der Waals surface area contributed by atoms with E-state index in [0.29, 0.717) is 6.04 Å². The van der Waals surface area contributed by atoms with Gasteiger partial charge >= 0.3 is 0 Å². The monoisotopic (exact) mass is 269 g/mol. The highest BCUT2D eigenvalue weighted by Gasteiger charge is 2.28. The van der Waals surface area contributed by atoms with Crippen LogP contribution in [0.2, 0.25) is 5.02 Å². The number of nitrogens with one attached hydrogen (secondary N) is 1. The number of rotatable bonds is 5. The zero-order chi connectivity index (χ0) is 13.3. The summed E-state index contributed by atoms with van der Waals surface area (Å²) < 4.78 is 5.44. The molecule has 0 amide bonds. The first-order valence-electron chi connectivity index (χ1n) is 6.29. The van der Waals surface area contributed by atoms with E-state index in [2.05, 4.69) is 5.32 Å². The van der Waals surface area contributed by atoms with Gasteiger partial charge in [0.1, 0.15) is 5.75 Å². The lowest BCUT2D eigenvalue weighted by molar-refractivity contribution is 0.239. The van der Waals surface area contributed by atoms with Crippen molar-refractivity contribution in [2.24, 2.45) is 0 Å². The van der Waals surface area contributed by atoms with Gasteiger partial charge in [-0.1, -0.05) is 11.6 Å². The lowest BCUT2D eigenvalue weighted by atomic mass is 9.97. The van der Waals surface area contributed by atoms with Crippen LogP contribution in [0.15, 0.2) is 6.07 Å². The van der Waals surface area contributed by atoms with Crippen LogP contribution in [0.4, 0.5) is 0 Å². The minimum absolute atomic E-state index is 0.0487. The second kappa shape index (κ2) is 5.47. The molecule has 0 aromatic heterocycles. The predicted molar refractivity (Wildman–Crippen MR) is 73.5 cm³/mol. The Balaban J connectivity index is 2.41. The first-order chi connectivity index (χ1) is 8.58. The van der Waals surface area contributed by atoms with E-state index in [1.807, 2.05) is 19.9 Å². The standard InChI is InChI=1S/C14H20ClNO2/c1-8-6-12(18-3)13(9(2)14(8)15)11(7-17)16-10-4-5-10/h6,10-11,16-17H,4-5,7H2,1-3H3. The van der Waals surface area contributed by atoms with Crippen molar-refractivity contribution in [3.63, 3.8) is 0 Å². The maximum Gasteiger partial charge on any atom is 0.124 e. The lowest BCUT2D eigenvalue weighted by Crippen LogP contribution is -2.27. The number of aryl methyl sites for hydroxylation is 1. The Morgan fingerprint density at radius 3 is 2.67 bits per heavy atom. The van der Waals surface area contributed by atoms with Crippen LogP contribution >= 0.6 is 11.6 Å². The quantitative estimate of drug-likeness (QED) is 0.864. The van der Waals surface area contributed by atoms with E-state index in [4.69, 9.17) is 16.3 Å². The maximum atomic E-state index is 9.60. The van der Waals surface area contributed by atoms with E-state index in [-0.39, 0.29) is 12.6 Å². The minimum Gasteiger partial charge on any atom is -0.496 e. The van der Waals surface area contributed by atoms with Gasteiger partial charge in [-0.2, -0.15) is 0 Å². The summed E-state index contributed by atoms with van der Waals surface area (Å²) in [6, 6.07) is 2.35. The number of halogens is 1. The Labute approximate surface area is 113 Å². The molecule has 0 aliphatic heterocycles. The molecule has 1 aromatic rings. The van der Waals surface area contributed by atoms with Gasteiger partial charge in [0.25, 0.3) is 0 Å². The smallest absolute Gasteiger partial charge is 0.124 e. The first-order valence-corrected chi connectivity index (χ1v) is 6.66. The van der Waals surface area contributed by atoms with Crippen molar-refractivity contribution in [3.8, 4) is 5.75 Å². The molecular formula is C14H20ClNO2. The van der Waals surface area contributed by atoms with Gasteiger partial charge in [0, 0.05) is 16.6 Å². The zero-order valence-corrected chi connectivity index (χ0v) is 11.8. The number of aliphatic hydroxyl groups is 1. The van der Waals surface area contributed by atoms with Gasteiger partial charge in [0.05, 0.1) is 19.8 Å². The first kappa shape index (κ1) is 13.7. The summed E-state index contributed by atoms with van der Waals surface area (Å²) in [5.41, 5.74) is 2.96. The van der Waals surface area contributed by atoms with E-state index >= 15 is 0 Å². The van der Waals surface area contributed by atoms with Gasteiger partial charge in [-0.25, -0.2) is 0 Å². The Morgan fingerprint density at radius 2 is 2.17 bits per heavy atom. The van der Waals surface area contributed by atoms with Crippen molar-refractivity contribution < 1.29 is 9.84 Å². The number of hydrogen-bond donors (Lipinski definition) is 2. The van der Waals surface area contributed by atoms with Crippen molar-refractivity contribution >= 4 is 11.6 Å². The zero-order valence-electron chi connectivity index (χ0n) is 11.1. The summed E-state index contributed by atoms with van der Waals surface area (Å²) in [6.45, 7) is 3.99. The molecule has 18 heavy (non-hydrogen) atoms. The molecule has 2 N–H and O–H groups in total. The SMILES string of the molecule is COc1cc(C)c(Cl)c(C)c1C(CO)NC1CC1. The molecule has 1 aliphatic rings. The van der Waals surface area contributed by atoms with Crippen LogP contribution in [-0.4, -0.2) is 24.9 Å². The fraction of sp³-hybridized carbons (Fsp3) is 0.571. The fourth-order valence-corrected chi connectivity index (χ4v) is 2.46. The second-order valence-electron chi connectivity index (χ2n) is 4.92. The molecule has 1 fully saturated rings. The maximum absolute atomic E-state index is 9.60. The summed E-state index contributed by atoms with van der Waals surface area (Å²) in [5.74, 6) is 0.793. The molecule has 1 atom stereocenters. The third-order valence-electron chi connectivity index (χ3n) is 3.46. The van der Waals surface area contributed by atoms with E-state index in [1.54, 1.807) is 7.11 Å². The molecule has 0 saturated heterocycles. The Bertz CT molecular complexity index is 444. The van der Waals surface area contributed by atoms with E-state index in [9.17, 15) is 5.11 Å². The van der Waals surface area contributed by atoms with Gasteiger partial charge in [-0.3, -0.25) is 0 Å². The Hall–Kier alpha value is -0.770.